The van der Waals surface area contributed by atoms with Crippen LogP contribution in [0.1, 0.15) is 24.6 Å². The van der Waals surface area contributed by atoms with Crippen LogP contribution in [0.4, 0.5) is 0 Å². The second-order valence-electron chi connectivity index (χ2n) is 5.04. The van der Waals surface area contributed by atoms with Crippen LogP contribution in [0.5, 0.6) is 0 Å². The predicted octanol–water partition coefficient (Wildman–Crippen LogP) is 0.199. The van der Waals surface area contributed by atoms with E-state index in [-0.39, 0.29) is 12.7 Å². The van der Waals surface area contributed by atoms with Gasteiger partial charge in [0.25, 0.3) is 5.89 Å². The number of ether oxygens (including phenoxy) is 2. The number of sulfonamides is 1. The molecule has 1 fully saturated rings. The van der Waals surface area contributed by atoms with Gasteiger partial charge in [-0.25, -0.2) is 8.42 Å². The highest BCUT2D eigenvalue weighted by molar-refractivity contribution is 7.88. The smallest absolute Gasteiger partial charge is 0.252 e. The number of aromatic nitrogens is 2. The molecule has 2 heterocycles. The lowest BCUT2D eigenvalue weighted by molar-refractivity contribution is -0.00284. The van der Waals surface area contributed by atoms with Gasteiger partial charge in [-0.2, -0.15) is 9.29 Å². The molecule has 1 saturated heterocycles. The highest BCUT2D eigenvalue weighted by atomic mass is 32.2. The Labute approximate surface area is 124 Å². The summed E-state index contributed by atoms with van der Waals surface area (Å²) in [5.41, 5.74) is 0. The molecule has 21 heavy (non-hydrogen) atoms. The molecule has 1 atom stereocenters. The zero-order chi connectivity index (χ0) is 15.3. The van der Waals surface area contributed by atoms with E-state index in [1.54, 1.807) is 7.11 Å². The van der Waals surface area contributed by atoms with Crippen LogP contribution in [-0.2, 0) is 32.5 Å². The summed E-state index contributed by atoms with van der Waals surface area (Å²) < 4.78 is 40.2. The normalized spacial score (nSPS) is 20.8. The van der Waals surface area contributed by atoms with E-state index in [1.807, 2.05) is 0 Å². The Hall–Kier alpha value is -1.03. The molecule has 0 amide bonds. The van der Waals surface area contributed by atoms with Crippen LogP contribution in [0.25, 0.3) is 0 Å². The molecule has 0 bridgehead atoms. The van der Waals surface area contributed by atoms with Crippen molar-refractivity contribution in [3.05, 3.63) is 11.7 Å². The second-order valence-corrected chi connectivity index (χ2v) is 7.03. The molecule has 120 valence electrons. The van der Waals surface area contributed by atoms with Gasteiger partial charge in [-0.3, -0.25) is 0 Å². The lowest BCUT2D eigenvalue weighted by Gasteiger charge is -2.30. The van der Waals surface area contributed by atoms with E-state index < -0.39 is 10.0 Å². The summed E-state index contributed by atoms with van der Waals surface area (Å²) in [5, 5.41) is 3.82. The van der Waals surface area contributed by atoms with Crippen LogP contribution in [0, 0.1) is 0 Å². The molecule has 0 radical (unpaired) electrons. The number of piperidine rings is 1. The molecule has 1 unspecified atom stereocenters. The summed E-state index contributed by atoms with van der Waals surface area (Å²) in [4.78, 5) is 4.19. The number of hydrogen-bond acceptors (Lipinski definition) is 7. The highest BCUT2D eigenvalue weighted by Gasteiger charge is 2.26. The Morgan fingerprint density at radius 1 is 1.48 bits per heavy atom. The average Bonchev–Trinajstić information content (AvgIpc) is 2.90. The first kappa shape index (κ1) is 16.3. The first-order chi connectivity index (χ1) is 9.99. The fraction of sp³-hybridized carbons (Fsp3) is 0.833. The van der Waals surface area contributed by atoms with E-state index in [1.165, 1.54) is 10.6 Å². The predicted molar refractivity (Wildman–Crippen MR) is 74.1 cm³/mol. The third kappa shape index (κ3) is 5.03. The number of nitrogens with zero attached hydrogens (tertiary/aromatic N) is 3. The first-order valence-electron chi connectivity index (χ1n) is 6.86. The van der Waals surface area contributed by atoms with Gasteiger partial charge >= 0.3 is 0 Å². The molecular weight excluding hydrogens is 298 g/mol. The van der Waals surface area contributed by atoms with Crippen molar-refractivity contribution in [2.45, 2.75) is 32.0 Å². The van der Waals surface area contributed by atoms with Gasteiger partial charge in [0.05, 0.1) is 19.0 Å². The average molecular weight is 319 g/mol. The maximum absolute atomic E-state index is 11.5. The molecule has 1 aliphatic rings. The molecule has 1 aromatic rings. The van der Waals surface area contributed by atoms with Crippen molar-refractivity contribution in [3.63, 3.8) is 0 Å². The number of rotatable bonds is 7. The van der Waals surface area contributed by atoms with Gasteiger partial charge in [-0.05, 0) is 12.8 Å². The van der Waals surface area contributed by atoms with Gasteiger partial charge in [-0.15, -0.1) is 0 Å². The lowest BCUT2D eigenvalue weighted by Crippen LogP contribution is -2.42. The molecule has 8 nitrogen and oxygen atoms in total. The minimum absolute atomic E-state index is 0.136. The summed E-state index contributed by atoms with van der Waals surface area (Å²) in [7, 11) is -1.55. The van der Waals surface area contributed by atoms with Gasteiger partial charge in [-0.1, -0.05) is 5.16 Å². The fourth-order valence-corrected chi connectivity index (χ4v) is 3.07. The van der Waals surface area contributed by atoms with Gasteiger partial charge < -0.3 is 14.0 Å². The van der Waals surface area contributed by atoms with Gasteiger partial charge in [0.2, 0.25) is 10.0 Å². The minimum Gasteiger partial charge on any atom is -0.384 e. The van der Waals surface area contributed by atoms with E-state index >= 15 is 0 Å². The van der Waals surface area contributed by atoms with E-state index in [9.17, 15) is 8.42 Å². The minimum atomic E-state index is -3.16. The van der Waals surface area contributed by atoms with E-state index in [0.717, 1.165) is 12.8 Å². The van der Waals surface area contributed by atoms with Crippen LogP contribution in [0.3, 0.4) is 0 Å². The van der Waals surface area contributed by atoms with Crippen LogP contribution < -0.4 is 0 Å². The maximum atomic E-state index is 11.5. The molecule has 0 spiro atoms. The Bertz CT molecular complexity index is 545. The standard InChI is InChI=1S/C12H21N3O5S/c1-18-7-5-11-13-12(20-14-11)9-19-10-4-3-6-15(8-10)21(2,16)17/h10H,3-9H2,1-2H3. The Morgan fingerprint density at radius 2 is 2.29 bits per heavy atom. The zero-order valence-electron chi connectivity index (χ0n) is 12.3. The highest BCUT2D eigenvalue weighted by Crippen LogP contribution is 2.17. The molecule has 0 aromatic carbocycles. The van der Waals surface area contributed by atoms with Gasteiger partial charge in [0.15, 0.2) is 5.82 Å². The van der Waals surface area contributed by atoms with Crippen molar-refractivity contribution >= 4 is 10.0 Å². The quantitative estimate of drug-likeness (QED) is 0.708. The van der Waals surface area contributed by atoms with Crippen LogP contribution in [0.2, 0.25) is 0 Å². The SMILES string of the molecule is COCCc1noc(COC2CCCN(S(C)(=O)=O)C2)n1. The summed E-state index contributed by atoms with van der Waals surface area (Å²) in [6.07, 6.45) is 3.29. The zero-order valence-corrected chi connectivity index (χ0v) is 13.1. The lowest BCUT2D eigenvalue weighted by atomic mass is 10.1. The molecule has 1 aromatic heterocycles. The van der Waals surface area contributed by atoms with Crippen LogP contribution in [-0.4, -0.2) is 62.0 Å². The number of hydrogen-bond donors (Lipinski definition) is 0. The summed E-state index contributed by atoms with van der Waals surface area (Å²) in [6.45, 7) is 1.66. The molecule has 2 rings (SSSR count). The molecule has 0 saturated carbocycles. The monoisotopic (exact) mass is 319 g/mol. The van der Waals surface area contributed by atoms with Crippen molar-refractivity contribution in [1.29, 1.82) is 0 Å². The molecule has 1 aliphatic heterocycles. The molecule has 0 N–H and O–H groups in total. The van der Waals surface area contributed by atoms with Gasteiger partial charge in [0, 0.05) is 26.6 Å². The molecule has 0 aliphatic carbocycles. The van der Waals surface area contributed by atoms with Crippen molar-refractivity contribution in [1.82, 2.24) is 14.4 Å². The largest absolute Gasteiger partial charge is 0.384 e. The Kier molecular flexibility index (Phi) is 5.68. The molecular formula is C12H21N3O5S. The van der Waals surface area contributed by atoms with Crippen LogP contribution >= 0.6 is 0 Å². The Balaban J connectivity index is 1.81. The van der Waals surface area contributed by atoms with Crippen molar-refractivity contribution < 1.29 is 22.4 Å². The summed E-state index contributed by atoms with van der Waals surface area (Å²) in [6, 6.07) is 0. The van der Waals surface area contributed by atoms with E-state index in [2.05, 4.69) is 10.1 Å². The summed E-state index contributed by atoms with van der Waals surface area (Å²) in [5.74, 6) is 0.981. The third-order valence-corrected chi connectivity index (χ3v) is 4.56. The van der Waals surface area contributed by atoms with Crippen molar-refractivity contribution in [2.24, 2.45) is 0 Å². The topological polar surface area (TPSA) is 94.8 Å². The maximum Gasteiger partial charge on any atom is 0.252 e. The summed E-state index contributed by atoms with van der Waals surface area (Å²) >= 11 is 0. The van der Waals surface area contributed by atoms with Crippen molar-refractivity contribution in [2.75, 3.05) is 33.1 Å². The first-order valence-corrected chi connectivity index (χ1v) is 8.71. The van der Waals surface area contributed by atoms with Gasteiger partial charge in [0.1, 0.15) is 6.61 Å². The fourth-order valence-electron chi connectivity index (χ4n) is 2.18. The van der Waals surface area contributed by atoms with Crippen molar-refractivity contribution in [3.8, 4) is 0 Å². The van der Waals surface area contributed by atoms with Crippen LogP contribution in [0.15, 0.2) is 4.52 Å². The Morgan fingerprint density at radius 3 is 3.00 bits per heavy atom. The third-order valence-electron chi connectivity index (χ3n) is 3.29. The molecule has 9 heteroatoms. The number of methoxy groups -OCH3 is 1. The van der Waals surface area contributed by atoms with E-state index in [4.69, 9.17) is 14.0 Å². The second kappa shape index (κ2) is 7.30. The van der Waals surface area contributed by atoms with E-state index in [0.29, 0.717) is 37.8 Å².